The topological polar surface area (TPSA) is 60.9 Å². The predicted molar refractivity (Wildman–Crippen MR) is 129 cm³/mol. The molecule has 0 saturated carbocycles. The molecule has 6 heteroatoms. The summed E-state index contributed by atoms with van der Waals surface area (Å²) < 4.78 is 17.0. The molecule has 0 bridgehead atoms. The van der Waals surface area contributed by atoms with E-state index < -0.39 is 0 Å². The van der Waals surface area contributed by atoms with Gasteiger partial charge in [0, 0.05) is 18.3 Å². The maximum absolute atomic E-state index is 13.5. The number of rotatable bonds is 8. The van der Waals surface area contributed by atoms with E-state index in [0.717, 1.165) is 36.3 Å². The van der Waals surface area contributed by atoms with Crippen LogP contribution in [0.15, 0.2) is 79.0 Å². The Labute approximate surface area is 199 Å². The highest BCUT2D eigenvalue weighted by molar-refractivity contribution is 5.95. The van der Waals surface area contributed by atoms with Gasteiger partial charge in [-0.3, -0.25) is 9.78 Å². The lowest BCUT2D eigenvalue weighted by atomic mass is 9.95. The molecule has 174 valence electrons. The zero-order valence-corrected chi connectivity index (χ0v) is 19.1. The molecule has 34 heavy (non-hydrogen) atoms. The number of nitrogens with zero attached hydrogens (tertiary/aromatic N) is 2. The van der Waals surface area contributed by atoms with Gasteiger partial charge >= 0.3 is 0 Å². The fraction of sp³-hybridized carbons (Fsp3) is 0.286. The first kappa shape index (κ1) is 22.0. The molecule has 1 aliphatic heterocycles. The molecule has 2 aromatic carbocycles. The van der Waals surface area contributed by atoms with E-state index in [-0.39, 0.29) is 12.7 Å². The largest absolute Gasteiger partial charge is 0.493 e. The standard InChI is InChI=1S/C28H28N2O4/c31-28(23-12-13-26-27(16-23)34-20-33-26)30(18-24-10-4-5-14-29-24)17-22-9-6-11-25(15-22)32-19-21-7-2-1-3-8-21/h1-2,4-6,9-16,21H,3,7-8,17-20H2. The Balaban J connectivity index is 1.33. The Bertz CT molecular complexity index is 1160. The number of carbonyl (C=O) groups excluding carboxylic acids is 1. The zero-order chi connectivity index (χ0) is 23.2. The summed E-state index contributed by atoms with van der Waals surface area (Å²) in [4.78, 5) is 19.8. The van der Waals surface area contributed by atoms with E-state index in [9.17, 15) is 4.79 Å². The minimum atomic E-state index is -0.0933. The van der Waals surface area contributed by atoms with Crippen LogP contribution in [0.2, 0.25) is 0 Å². The van der Waals surface area contributed by atoms with Crippen molar-refractivity contribution >= 4 is 5.91 Å². The molecule has 0 saturated heterocycles. The van der Waals surface area contributed by atoms with Gasteiger partial charge in [-0.2, -0.15) is 0 Å². The van der Waals surface area contributed by atoms with Crippen LogP contribution in [-0.2, 0) is 13.1 Å². The van der Waals surface area contributed by atoms with Gasteiger partial charge in [0.1, 0.15) is 5.75 Å². The van der Waals surface area contributed by atoms with E-state index in [1.807, 2.05) is 42.5 Å². The van der Waals surface area contributed by atoms with E-state index in [0.29, 0.717) is 42.7 Å². The number of pyridine rings is 1. The molecule has 0 fully saturated rings. The number of ether oxygens (including phenoxy) is 3. The van der Waals surface area contributed by atoms with Gasteiger partial charge in [0.25, 0.3) is 5.91 Å². The highest BCUT2D eigenvalue weighted by Crippen LogP contribution is 2.33. The lowest BCUT2D eigenvalue weighted by molar-refractivity contribution is 0.0727. The number of carbonyl (C=O) groups is 1. The van der Waals surface area contributed by atoms with Gasteiger partial charge in [-0.05, 0) is 73.2 Å². The van der Waals surface area contributed by atoms with Crippen LogP contribution < -0.4 is 14.2 Å². The molecule has 3 aromatic rings. The van der Waals surface area contributed by atoms with Crippen LogP contribution in [0.3, 0.4) is 0 Å². The van der Waals surface area contributed by atoms with Crippen LogP contribution in [0.25, 0.3) is 0 Å². The molecule has 1 amide bonds. The maximum Gasteiger partial charge on any atom is 0.254 e. The van der Waals surface area contributed by atoms with Gasteiger partial charge in [0.15, 0.2) is 11.5 Å². The van der Waals surface area contributed by atoms with Crippen LogP contribution in [0.1, 0.15) is 40.9 Å². The van der Waals surface area contributed by atoms with E-state index >= 15 is 0 Å². The second-order valence-corrected chi connectivity index (χ2v) is 8.66. The molecule has 1 aliphatic carbocycles. The van der Waals surface area contributed by atoms with E-state index in [2.05, 4.69) is 17.1 Å². The van der Waals surface area contributed by atoms with E-state index in [1.165, 1.54) is 0 Å². The Kier molecular flexibility index (Phi) is 6.75. The summed E-state index contributed by atoms with van der Waals surface area (Å²) >= 11 is 0. The first-order valence-electron chi connectivity index (χ1n) is 11.7. The van der Waals surface area contributed by atoms with Crippen molar-refractivity contribution in [2.75, 3.05) is 13.4 Å². The van der Waals surface area contributed by atoms with Crippen molar-refractivity contribution in [1.29, 1.82) is 0 Å². The summed E-state index contributed by atoms with van der Waals surface area (Å²) in [6.07, 6.45) is 9.58. The number of fused-ring (bicyclic) bond motifs is 1. The first-order chi connectivity index (χ1) is 16.7. The second-order valence-electron chi connectivity index (χ2n) is 8.66. The summed E-state index contributed by atoms with van der Waals surface area (Å²) in [7, 11) is 0. The van der Waals surface area contributed by atoms with Crippen molar-refractivity contribution in [2.24, 2.45) is 5.92 Å². The van der Waals surface area contributed by atoms with Crippen molar-refractivity contribution in [3.8, 4) is 17.2 Å². The van der Waals surface area contributed by atoms with E-state index in [4.69, 9.17) is 14.2 Å². The lowest BCUT2D eigenvalue weighted by Crippen LogP contribution is -2.30. The SMILES string of the molecule is O=C(c1ccc2c(c1)OCO2)N(Cc1cccc(OCC2CC=CCC2)c1)Cc1ccccn1. The number of benzene rings is 2. The Morgan fingerprint density at radius 2 is 1.94 bits per heavy atom. The molecule has 1 unspecified atom stereocenters. The maximum atomic E-state index is 13.5. The number of hydrogen-bond donors (Lipinski definition) is 0. The quantitative estimate of drug-likeness (QED) is 0.426. The van der Waals surface area contributed by atoms with Gasteiger partial charge in [-0.15, -0.1) is 0 Å². The van der Waals surface area contributed by atoms with Crippen molar-refractivity contribution in [3.05, 3.63) is 95.8 Å². The minimum absolute atomic E-state index is 0.0933. The summed E-state index contributed by atoms with van der Waals surface area (Å²) in [6.45, 7) is 1.72. The lowest BCUT2D eigenvalue weighted by Gasteiger charge is -2.23. The van der Waals surface area contributed by atoms with Crippen LogP contribution in [0.4, 0.5) is 0 Å². The van der Waals surface area contributed by atoms with E-state index in [1.54, 1.807) is 29.3 Å². The normalized spacial score (nSPS) is 16.3. The Morgan fingerprint density at radius 1 is 1.00 bits per heavy atom. The number of aromatic nitrogens is 1. The van der Waals surface area contributed by atoms with Crippen molar-refractivity contribution in [1.82, 2.24) is 9.88 Å². The molecule has 5 rings (SSSR count). The predicted octanol–water partition coefficient (Wildman–Crippen LogP) is 5.39. The third kappa shape index (κ3) is 5.39. The zero-order valence-electron chi connectivity index (χ0n) is 19.1. The average molecular weight is 457 g/mol. The third-order valence-corrected chi connectivity index (χ3v) is 6.12. The van der Waals surface area contributed by atoms with Crippen LogP contribution >= 0.6 is 0 Å². The summed E-state index contributed by atoms with van der Waals surface area (Å²) in [5.41, 5.74) is 2.39. The monoisotopic (exact) mass is 456 g/mol. The van der Waals surface area contributed by atoms with Gasteiger partial charge in [0.05, 0.1) is 18.8 Å². The highest BCUT2D eigenvalue weighted by Gasteiger charge is 2.21. The number of hydrogen-bond acceptors (Lipinski definition) is 5. The molecular formula is C28H28N2O4. The molecule has 1 aromatic heterocycles. The van der Waals surface area contributed by atoms with Gasteiger partial charge in [-0.1, -0.05) is 30.4 Å². The fourth-order valence-corrected chi connectivity index (χ4v) is 4.27. The van der Waals surface area contributed by atoms with Crippen molar-refractivity contribution < 1.29 is 19.0 Å². The minimum Gasteiger partial charge on any atom is -0.493 e. The molecule has 2 heterocycles. The fourth-order valence-electron chi connectivity index (χ4n) is 4.27. The summed E-state index contributed by atoms with van der Waals surface area (Å²) in [5.74, 6) is 2.55. The second kappa shape index (κ2) is 10.4. The summed E-state index contributed by atoms with van der Waals surface area (Å²) in [5, 5.41) is 0. The molecule has 2 aliphatic rings. The van der Waals surface area contributed by atoms with Crippen LogP contribution in [0.5, 0.6) is 17.2 Å². The number of allylic oxidation sites excluding steroid dienone is 2. The molecule has 0 spiro atoms. The Morgan fingerprint density at radius 3 is 2.79 bits per heavy atom. The smallest absolute Gasteiger partial charge is 0.254 e. The first-order valence-corrected chi connectivity index (χ1v) is 11.7. The Hall–Kier alpha value is -3.80. The van der Waals surface area contributed by atoms with Crippen molar-refractivity contribution in [3.63, 3.8) is 0 Å². The molecule has 6 nitrogen and oxygen atoms in total. The van der Waals surface area contributed by atoms with Gasteiger partial charge in [-0.25, -0.2) is 0 Å². The molecule has 1 atom stereocenters. The average Bonchev–Trinajstić information content (AvgIpc) is 3.36. The van der Waals surface area contributed by atoms with Crippen molar-refractivity contribution in [2.45, 2.75) is 32.4 Å². The summed E-state index contributed by atoms with van der Waals surface area (Å²) in [6, 6.07) is 19.0. The third-order valence-electron chi connectivity index (χ3n) is 6.12. The van der Waals surface area contributed by atoms with Gasteiger partial charge in [0.2, 0.25) is 6.79 Å². The van der Waals surface area contributed by atoms with Gasteiger partial charge < -0.3 is 19.1 Å². The highest BCUT2D eigenvalue weighted by atomic mass is 16.7. The number of amides is 1. The molecular weight excluding hydrogens is 428 g/mol. The molecule has 0 radical (unpaired) electrons. The van der Waals surface area contributed by atoms with Crippen LogP contribution in [-0.4, -0.2) is 29.2 Å². The van der Waals surface area contributed by atoms with Crippen LogP contribution in [0, 0.1) is 5.92 Å². The molecule has 0 N–H and O–H groups in total.